The second-order valence-electron chi connectivity index (χ2n) is 4.34. The lowest BCUT2D eigenvalue weighted by Gasteiger charge is -2.38. The zero-order valence-electron chi connectivity index (χ0n) is 10.4. The molecule has 1 aliphatic heterocycles. The Morgan fingerprint density at radius 2 is 1.75 bits per heavy atom. The molecule has 1 heterocycles. The Kier molecular flexibility index (Phi) is 5.22. The first-order chi connectivity index (χ1) is 9.54. The predicted octanol–water partition coefficient (Wildman–Crippen LogP) is -1.47. The second-order valence-corrected chi connectivity index (χ2v) is 5.47. The molecule has 2 rings (SSSR count). The Hall–Kier alpha value is -0.870. The molecule has 0 spiro atoms. The van der Waals surface area contributed by atoms with Crippen molar-refractivity contribution in [2.75, 3.05) is 6.61 Å². The average molecular weight is 304 g/mol. The molecule has 1 unspecified atom stereocenters. The Morgan fingerprint density at radius 1 is 1.10 bits per heavy atom. The lowest BCUT2D eigenvalue weighted by atomic mass is 10.00. The van der Waals surface area contributed by atoms with Crippen LogP contribution in [0.2, 0.25) is 0 Å². The van der Waals surface area contributed by atoms with Crippen molar-refractivity contribution in [3.8, 4) is 0 Å². The van der Waals surface area contributed by atoms with Gasteiger partial charge >= 0.3 is 0 Å². The monoisotopic (exact) mass is 304 g/mol. The Balaban J connectivity index is 2.06. The highest BCUT2D eigenvalue weighted by molar-refractivity contribution is 7.80. The fraction of sp³-hybridized carbons (Fsp3) is 0.500. The van der Waals surface area contributed by atoms with Gasteiger partial charge in [0.2, 0.25) is 6.29 Å². The molecule has 8 heteroatoms. The van der Waals surface area contributed by atoms with E-state index in [1.54, 1.807) is 30.3 Å². The first kappa shape index (κ1) is 15.5. The van der Waals surface area contributed by atoms with Crippen molar-refractivity contribution >= 4 is 11.1 Å². The summed E-state index contributed by atoms with van der Waals surface area (Å²) in [6, 6.07) is 8.22. The fourth-order valence-electron chi connectivity index (χ4n) is 1.82. The molecule has 1 fully saturated rings. The van der Waals surface area contributed by atoms with Gasteiger partial charge in [-0.3, -0.25) is 4.18 Å². The summed E-state index contributed by atoms with van der Waals surface area (Å²) < 4.78 is 22.1. The molecular weight excluding hydrogens is 288 g/mol. The lowest BCUT2D eigenvalue weighted by Crippen LogP contribution is -2.59. The van der Waals surface area contributed by atoms with Gasteiger partial charge in [-0.25, -0.2) is 4.21 Å². The molecule has 1 saturated heterocycles. The molecule has 0 radical (unpaired) electrons. The Morgan fingerprint density at radius 3 is 2.35 bits per heavy atom. The van der Waals surface area contributed by atoms with E-state index in [2.05, 4.69) is 0 Å². The molecule has 7 nitrogen and oxygen atoms in total. The van der Waals surface area contributed by atoms with Crippen molar-refractivity contribution in [2.24, 2.45) is 0 Å². The molecule has 0 saturated carbocycles. The number of rotatable bonds is 4. The molecular formula is C12H16O7S. The molecule has 112 valence electrons. The molecule has 6 atom stereocenters. The molecule has 1 aromatic rings. The van der Waals surface area contributed by atoms with Crippen molar-refractivity contribution in [3.05, 3.63) is 30.3 Å². The fourth-order valence-corrected chi connectivity index (χ4v) is 2.64. The molecule has 0 aliphatic carbocycles. The van der Waals surface area contributed by atoms with E-state index in [0.29, 0.717) is 4.90 Å². The van der Waals surface area contributed by atoms with Gasteiger partial charge in [-0.1, -0.05) is 18.2 Å². The number of aliphatic hydroxyl groups is 4. The standard InChI is InChI=1S/C12H16O7S/c13-6-8-9(14)10(15)11(16)12(18-8)19-20(17)7-4-2-1-3-5-7/h1-5,8-16H,6H2/t8-,9-,10+,11-,12-,20?/m1/s1. The minimum atomic E-state index is -1.90. The van der Waals surface area contributed by atoms with Gasteiger partial charge < -0.3 is 25.2 Å². The zero-order chi connectivity index (χ0) is 14.7. The first-order valence-corrected chi connectivity index (χ1v) is 7.06. The van der Waals surface area contributed by atoms with Gasteiger partial charge in [0.05, 0.1) is 11.5 Å². The average Bonchev–Trinajstić information content (AvgIpc) is 2.48. The third-order valence-electron chi connectivity index (χ3n) is 2.97. The van der Waals surface area contributed by atoms with Crippen molar-refractivity contribution in [2.45, 2.75) is 35.6 Å². The van der Waals surface area contributed by atoms with Crippen LogP contribution in [0.4, 0.5) is 0 Å². The largest absolute Gasteiger partial charge is 0.394 e. The summed E-state index contributed by atoms with van der Waals surface area (Å²) in [5.74, 6) is 0. The molecule has 4 N–H and O–H groups in total. The molecule has 1 aliphatic rings. The minimum absolute atomic E-state index is 0.365. The highest BCUT2D eigenvalue weighted by Gasteiger charge is 2.44. The van der Waals surface area contributed by atoms with Crippen molar-refractivity contribution < 1.29 is 33.6 Å². The maximum Gasteiger partial charge on any atom is 0.202 e. The first-order valence-electron chi connectivity index (χ1n) is 5.99. The van der Waals surface area contributed by atoms with Gasteiger partial charge in [-0.05, 0) is 12.1 Å². The molecule has 20 heavy (non-hydrogen) atoms. The van der Waals surface area contributed by atoms with Crippen LogP contribution in [0.3, 0.4) is 0 Å². The van der Waals surface area contributed by atoms with Crippen LogP contribution >= 0.6 is 0 Å². The quantitative estimate of drug-likeness (QED) is 0.536. The van der Waals surface area contributed by atoms with Crippen LogP contribution in [0.25, 0.3) is 0 Å². The van der Waals surface area contributed by atoms with E-state index in [0.717, 1.165) is 0 Å². The van der Waals surface area contributed by atoms with E-state index < -0.39 is 48.4 Å². The number of hydrogen-bond donors (Lipinski definition) is 4. The maximum absolute atomic E-state index is 11.9. The summed E-state index contributed by atoms with van der Waals surface area (Å²) in [4.78, 5) is 0.365. The van der Waals surface area contributed by atoms with Crippen LogP contribution in [0.1, 0.15) is 0 Å². The van der Waals surface area contributed by atoms with Crippen LogP contribution in [-0.2, 0) is 20.0 Å². The van der Waals surface area contributed by atoms with E-state index >= 15 is 0 Å². The van der Waals surface area contributed by atoms with Gasteiger partial charge in [0, 0.05) is 0 Å². The van der Waals surface area contributed by atoms with E-state index in [4.69, 9.17) is 14.0 Å². The minimum Gasteiger partial charge on any atom is -0.394 e. The van der Waals surface area contributed by atoms with Gasteiger partial charge in [0.15, 0.2) is 11.1 Å². The second kappa shape index (κ2) is 6.72. The van der Waals surface area contributed by atoms with Gasteiger partial charge in [-0.15, -0.1) is 0 Å². The summed E-state index contributed by atoms with van der Waals surface area (Å²) in [5.41, 5.74) is 0. The third kappa shape index (κ3) is 3.23. The number of ether oxygens (including phenoxy) is 1. The van der Waals surface area contributed by atoms with E-state index in [1.807, 2.05) is 0 Å². The number of hydrogen-bond acceptors (Lipinski definition) is 7. The molecule has 0 bridgehead atoms. The van der Waals surface area contributed by atoms with E-state index in [9.17, 15) is 19.5 Å². The van der Waals surface area contributed by atoms with E-state index in [-0.39, 0.29) is 0 Å². The molecule has 0 aromatic heterocycles. The highest BCUT2D eigenvalue weighted by Crippen LogP contribution is 2.23. The van der Waals surface area contributed by atoms with Crippen molar-refractivity contribution in [1.82, 2.24) is 0 Å². The summed E-state index contributed by atoms with van der Waals surface area (Å²) >= 11 is -1.90. The summed E-state index contributed by atoms with van der Waals surface area (Å²) in [6.45, 7) is -0.567. The SMILES string of the molecule is O=S(O[C@H]1O[C@H](CO)[C@@H](O)[C@H](O)[C@H]1O)c1ccccc1. The summed E-state index contributed by atoms with van der Waals surface area (Å²) in [7, 11) is 0. The van der Waals surface area contributed by atoms with Crippen LogP contribution in [-0.4, -0.2) is 61.9 Å². The van der Waals surface area contributed by atoms with Crippen LogP contribution in [0.5, 0.6) is 0 Å². The number of aliphatic hydroxyl groups excluding tert-OH is 4. The van der Waals surface area contributed by atoms with Crippen molar-refractivity contribution in [1.29, 1.82) is 0 Å². The van der Waals surface area contributed by atoms with Gasteiger partial charge in [-0.2, -0.15) is 0 Å². The Labute approximate surface area is 118 Å². The maximum atomic E-state index is 11.9. The Bertz CT molecular complexity index is 452. The molecule has 1 aromatic carbocycles. The zero-order valence-corrected chi connectivity index (χ0v) is 11.2. The molecule has 0 amide bonds. The normalized spacial score (nSPS) is 35.7. The van der Waals surface area contributed by atoms with Crippen molar-refractivity contribution in [3.63, 3.8) is 0 Å². The van der Waals surface area contributed by atoms with Crippen LogP contribution < -0.4 is 0 Å². The smallest absolute Gasteiger partial charge is 0.202 e. The highest BCUT2D eigenvalue weighted by atomic mass is 32.2. The van der Waals surface area contributed by atoms with Crippen LogP contribution in [0.15, 0.2) is 35.2 Å². The van der Waals surface area contributed by atoms with Gasteiger partial charge in [0.25, 0.3) is 0 Å². The third-order valence-corrected chi connectivity index (χ3v) is 3.99. The van der Waals surface area contributed by atoms with Gasteiger partial charge in [0.1, 0.15) is 24.4 Å². The summed E-state index contributed by atoms with van der Waals surface area (Å²) in [5, 5.41) is 37.9. The predicted molar refractivity (Wildman–Crippen MR) is 67.7 cm³/mol. The summed E-state index contributed by atoms with van der Waals surface area (Å²) in [6.07, 6.45) is -7.10. The lowest BCUT2D eigenvalue weighted by molar-refractivity contribution is -0.275. The number of benzene rings is 1. The van der Waals surface area contributed by atoms with Crippen LogP contribution in [0, 0.1) is 0 Å². The topological polar surface area (TPSA) is 116 Å². The van der Waals surface area contributed by atoms with E-state index in [1.165, 1.54) is 0 Å².